The lowest BCUT2D eigenvalue weighted by Gasteiger charge is -2.15. The lowest BCUT2D eigenvalue weighted by Crippen LogP contribution is -2.13. The lowest BCUT2D eigenvalue weighted by atomic mass is 9.87. The Morgan fingerprint density at radius 1 is 0.900 bits per heavy atom. The van der Waals surface area contributed by atoms with E-state index in [0.29, 0.717) is 17.4 Å². The van der Waals surface area contributed by atoms with Crippen LogP contribution in [0.1, 0.15) is 43.7 Å². The summed E-state index contributed by atoms with van der Waals surface area (Å²) < 4.78 is 0. The third-order valence-electron chi connectivity index (χ3n) is 4.77. The van der Waals surface area contributed by atoms with Gasteiger partial charge >= 0.3 is 11.9 Å². The molecule has 1 aromatic rings. The molecule has 0 radical (unpaired) electrons. The van der Waals surface area contributed by atoms with Gasteiger partial charge in [-0.05, 0) is 29.0 Å². The van der Waals surface area contributed by atoms with Crippen LogP contribution in [0.5, 0.6) is 0 Å². The fraction of sp³-hybridized carbons (Fsp3) is 0.250. The maximum Gasteiger partial charge on any atom is 0.336 e. The fourth-order valence-corrected chi connectivity index (χ4v) is 4.07. The summed E-state index contributed by atoms with van der Waals surface area (Å²) in [6, 6.07) is 3.21. The quantitative estimate of drug-likeness (QED) is 0.808. The summed E-state index contributed by atoms with van der Waals surface area (Å²) in [4.78, 5) is 22.9. The van der Waals surface area contributed by atoms with Crippen LogP contribution in [0.15, 0.2) is 36.4 Å². The molecule has 4 heteroatoms. The smallest absolute Gasteiger partial charge is 0.336 e. The summed E-state index contributed by atoms with van der Waals surface area (Å²) in [6.45, 7) is 0. The monoisotopic (exact) mass is 268 g/mol. The molecule has 0 saturated heterocycles. The molecule has 0 bridgehead atoms. The van der Waals surface area contributed by atoms with Gasteiger partial charge in [-0.1, -0.05) is 30.4 Å². The number of hydrogen-bond donors (Lipinski definition) is 2. The zero-order chi connectivity index (χ0) is 14.0. The number of carboxylic acids is 2. The van der Waals surface area contributed by atoms with E-state index in [0.717, 1.165) is 5.56 Å². The number of rotatable bonds is 2. The molecule has 0 heterocycles. The molecule has 0 aliphatic heterocycles. The summed E-state index contributed by atoms with van der Waals surface area (Å²) in [6.07, 6.45) is 8.44. The van der Waals surface area contributed by atoms with E-state index in [2.05, 4.69) is 18.2 Å². The summed E-state index contributed by atoms with van der Waals surface area (Å²) in [5, 5.41) is 18.7. The van der Waals surface area contributed by atoms with Crippen LogP contribution in [0.2, 0.25) is 0 Å². The summed E-state index contributed by atoms with van der Waals surface area (Å²) in [7, 11) is 0. The number of benzene rings is 1. The van der Waals surface area contributed by atoms with Crippen molar-refractivity contribution in [2.24, 2.45) is 11.8 Å². The maximum atomic E-state index is 11.6. The van der Waals surface area contributed by atoms with Crippen molar-refractivity contribution in [3.05, 3.63) is 58.7 Å². The maximum absolute atomic E-state index is 11.6. The molecule has 2 N–H and O–H groups in total. The normalized spacial score (nSPS) is 31.4. The van der Waals surface area contributed by atoms with Crippen molar-refractivity contribution in [3.8, 4) is 0 Å². The van der Waals surface area contributed by atoms with Gasteiger partial charge in [0, 0.05) is 11.8 Å². The first-order valence-electron chi connectivity index (χ1n) is 6.59. The molecule has 0 spiro atoms. The molecule has 0 unspecified atom stereocenters. The summed E-state index contributed by atoms with van der Waals surface area (Å²) in [5.41, 5.74) is 1.53. The van der Waals surface area contributed by atoms with Gasteiger partial charge in [-0.15, -0.1) is 0 Å². The van der Waals surface area contributed by atoms with E-state index in [-0.39, 0.29) is 23.0 Å². The molecule has 100 valence electrons. The van der Waals surface area contributed by atoms with Crippen LogP contribution in [0.4, 0.5) is 0 Å². The molecule has 4 atom stereocenters. The van der Waals surface area contributed by atoms with Crippen LogP contribution in [0.3, 0.4) is 0 Å². The Hall–Kier alpha value is -2.36. The molecule has 0 aromatic heterocycles. The highest BCUT2D eigenvalue weighted by Crippen LogP contribution is 2.59. The van der Waals surface area contributed by atoms with E-state index in [9.17, 15) is 19.8 Å². The minimum absolute atomic E-state index is 0.0281. The Labute approximate surface area is 115 Å². The van der Waals surface area contributed by atoms with Crippen molar-refractivity contribution >= 4 is 11.9 Å². The van der Waals surface area contributed by atoms with Crippen molar-refractivity contribution in [1.82, 2.24) is 0 Å². The van der Waals surface area contributed by atoms with Crippen LogP contribution < -0.4 is 0 Å². The second-order valence-corrected chi connectivity index (χ2v) is 5.58. The van der Waals surface area contributed by atoms with Gasteiger partial charge in [-0.3, -0.25) is 0 Å². The predicted octanol–water partition coefficient (Wildman–Crippen LogP) is 2.64. The summed E-state index contributed by atoms with van der Waals surface area (Å²) >= 11 is 0. The van der Waals surface area contributed by atoms with Crippen molar-refractivity contribution in [2.45, 2.75) is 11.8 Å². The first-order chi connectivity index (χ1) is 9.59. The SMILES string of the molecule is O=C(O)c1ccc2c(c1C(=O)O)[C@@H]1C=C[C@H]3C=C[C@@H]2[C@H]31. The van der Waals surface area contributed by atoms with Gasteiger partial charge in [0.05, 0.1) is 11.1 Å². The van der Waals surface area contributed by atoms with E-state index < -0.39 is 11.9 Å². The van der Waals surface area contributed by atoms with Crippen molar-refractivity contribution in [3.63, 3.8) is 0 Å². The highest BCUT2D eigenvalue weighted by atomic mass is 16.4. The molecule has 3 aliphatic carbocycles. The van der Waals surface area contributed by atoms with E-state index >= 15 is 0 Å². The predicted molar refractivity (Wildman–Crippen MR) is 71.1 cm³/mol. The molecule has 0 fully saturated rings. The molecule has 4 rings (SSSR count). The second-order valence-electron chi connectivity index (χ2n) is 5.58. The molecular formula is C16H12O4. The van der Waals surface area contributed by atoms with Gasteiger partial charge in [0.1, 0.15) is 0 Å². The number of aromatic carboxylic acids is 2. The van der Waals surface area contributed by atoms with Gasteiger partial charge in [0.15, 0.2) is 0 Å². The standard InChI is InChI=1S/C16H12O4/c17-15(18)11-6-5-9-8-3-1-7-2-4-10(12(7)8)13(9)14(11)16(19)20/h1-8,10,12H,(H,17,18)(H,19,20)/t7-,8+,10-,12+/m1/s1. The van der Waals surface area contributed by atoms with E-state index in [1.54, 1.807) is 6.07 Å². The fourth-order valence-electron chi connectivity index (χ4n) is 4.07. The molecule has 0 amide bonds. The van der Waals surface area contributed by atoms with Crippen LogP contribution in [0.25, 0.3) is 0 Å². The Kier molecular flexibility index (Phi) is 2.06. The zero-order valence-corrected chi connectivity index (χ0v) is 10.5. The van der Waals surface area contributed by atoms with Crippen molar-refractivity contribution in [1.29, 1.82) is 0 Å². The third-order valence-corrected chi connectivity index (χ3v) is 4.77. The Bertz CT molecular complexity index is 713. The van der Waals surface area contributed by atoms with Crippen LogP contribution in [0, 0.1) is 11.8 Å². The molecule has 20 heavy (non-hydrogen) atoms. The third kappa shape index (κ3) is 1.21. The Morgan fingerprint density at radius 3 is 2.25 bits per heavy atom. The number of hydrogen-bond acceptors (Lipinski definition) is 2. The number of carbonyl (C=O) groups is 2. The van der Waals surface area contributed by atoms with Crippen LogP contribution in [-0.2, 0) is 0 Å². The minimum atomic E-state index is -1.18. The topological polar surface area (TPSA) is 74.6 Å². The molecule has 1 aromatic carbocycles. The van der Waals surface area contributed by atoms with E-state index in [1.807, 2.05) is 6.08 Å². The second kappa shape index (κ2) is 3.60. The number of allylic oxidation sites excluding steroid dienone is 4. The zero-order valence-electron chi connectivity index (χ0n) is 10.5. The van der Waals surface area contributed by atoms with Gasteiger partial charge in [0.25, 0.3) is 0 Å². The Balaban J connectivity index is 2.03. The summed E-state index contributed by atoms with van der Waals surface area (Å²) in [5.74, 6) is -1.40. The highest BCUT2D eigenvalue weighted by Gasteiger charge is 2.49. The molecule has 0 saturated carbocycles. The molecule has 3 aliphatic rings. The van der Waals surface area contributed by atoms with Gasteiger partial charge in [-0.25, -0.2) is 9.59 Å². The van der Waals surface area contributed by atoms with Crippen LogP contribution >= 0.6 is 0 Å². The van der Waals surface area contributed by atoms with E-state index in [4.69, 9.17) is 0 Å². The number of fused-ring (bicyclic) bond motifs is 3. The largest absolute Gasteiger partial charge is 0.478 e. The van der Waals surface area contributed by atoms with Crippen molar-refractivity contribution < 1.29 is 19.8 Å². The average Bonchev–Trinajstić information content (AvgIpc) is 3.05. The number of carboxylic acid groups (broad SMARTS) is 2. The first kappa shape index (κ1) is 11.5. The minimum Gasteiger partial charge on any atom is -0.478 e. The van der Waals surface area contributed by atoms with Crippen molar-refractivity contribution in [2.75, 3.05) is 0 Å². The van der Waals surface area contributed by atoms with Gasteiger partial charge in [-0.2, -0.15) is 0 Å². The first-order valence-corrected chi connectivity index (χ1v) is 6.59. The Morgan fingerprint density at radius 2 is 1.60 bits per heavy atom. The van der Waals surface area contributed by atoms with Crippen LogP contribution in [-0.4, -0.2) is 22.2 Å². The van der Waals surface area contributed by atoms with Gasteiger partial charge in [0.2, 0.25) is 0 Å². The highest BCUT2D eigenvalue weighted by molar-refractivity contribution is 6.03. The molecular weight excluding hydrogens is 256 g/mol. The molecule has 4 nitrogen and oxygen atoms in total. The van der Waals surface area contributed by atoms with Gasteiger partial charge < -0.3 is 10.2 Å². The van der Waals surface area contributed by atoms with E-state index in [1.165, 1.54) is 6.07 Å². The lowest BCUT2D eigenvalue weighted by molar-refractivity contribution is 0.0650. The average molecular weight is 268 g/mol.